The maximum Gasteiger partial charge on any atom is 0.270 e. The summed E-state index contributed by atoms with van der Waals surface area (Å²) >= 11 is 0. The van der Waals surface area contributed by atoms with Crippen molar-refractivity contribution in [3.05, 3.63) is 70.4 Å². The molecule has 1 amide bonds. The molecule has 0 atom stereocenters. The number of aromatic amines is 1. The van der Waals surface area contributed by atoms with Gasteiger partial charge >= 0.3 is 0 Å². The summed E-state index contributed by atoms with van der Waals surface area (Å²) in [6.45, 7) is 0. The second-order valence-electron chi connectivity index (χ2n) is 5.10. The number of nitrogens with zero attached hydrogens (tertiary/aromatic N) is 3. The van der Waals surface area contributed by atoms with Crippen LogP contribution in [0, 0.1) is 0 Å². The van der Waals surface area contributed by atoms with E-state index in [1.54, 1.807) is 30.6 Å². The minimum absolute atomic E-state index is 0.127. The van der Waals surface area contributed by atoms with Crippen molar-refractivity contribution in [1.82, 2.24) is 20.4 Å². The maximum absolute atomic E-state index is 12.0. The van der Waals surface area contributed by atoms with Gasteiger partial charge in [-0.05, 0) is 29.8 Å². The van der Waals surface area contributed by atoms with Gasteiger partial charge in [-0.2, -0.15) is 5.10 Å². The second kappa shape index (κ2) is 7.28. The highest BCUT2D eigenvalue weighted by Crippen LogP contribution is 2.06. The third kappa shape index (κ3) is 3.89. The molecule has 2 aromatic heterocycles. The molecule has 0 aliphatic carbocycles. The molecule has 3 aromatic rings. The highest BCUT2D eigenvalue weighted by molar-refractivity contribution is 5.82. The minimum atomic E-state index is -0.283. The Hall–Kier alpha value is -3.35. The molecular weight excluding hydrogens is 306 g/mol. The Balaban J connectivity index is 1.59. The van der Waals surface area contributed by atoms with E-state index in [1.165, 1.54) is 6.21 Å². The number of aryl methyl sites for hydroxylation is 1. The predicted molar refractivity (Wildman–Crippen MR) is 90.7 cm³/mol. The number of benzene rings is 1. The van der Waals surface area contributed by atoms with Gasteiger partial charge in [0.05, 0.1) is 17.2 Å². The minimum Gasteiger partial charge on any atom is -0.319 e. The number of rotatable bonds is 5. The quantitative estimate of drug-likeness (QED) is 0.548. The summed E-state index contributed by atoms with van der Waals surface area (Å²) in [6.07, 6.45) is 5.18. The Bertz CT molecular complexity index is 934. The molecule has 7 nitrogen and oxygen atoms in total. The lowest BCUT2D eigenvalue weighted by molar-refractivity contribution is -0.121. The monoisotopic (exact) mass is 321 g/mol. The van der Waals surface area contributed by atoms with Crippen LogP contribution in [-0.4, -0.2) is 27.1 Å². The van der Waals surface area contributed by atoms with E-state index in [4.69, 9.17) is 0 Å². The smallest absolute Gasteiger partial charge is 0.270 e. The normalized spacial score (nSPS) is 11.0. The van der Waals surface area contributed by atoms with E-state index in [9.17, 15) is 9.59 Å². The first-order valence-electron chi connectivity index (χ1n) is 7.42. The average Bonchev–Trinajstić information content (AvgIpc) is 2.61. The van der Waals surface area contributed by atoms with Gasteiger partial charge in [0.25, 0.3) is 5.56 Å². The Kier molecular flexibility index (Phi) is 4.71. The lowest BCUT2D eigenvalue weighted by Gasteiger charge is -2.02. The van der Waals surface area contributed by atoms with Crippen molar-refractivity contribution < 1.29 is 4.79 Å². The van der Waals surface area contributed by atoms with Crippen molar-refractivity contribution in [3.63, 3.8) is 0 Å². The fourth-order valence-corrected chi connectivity index (χ4v) is 2.15. The molecule has 0 unspecified atom stereocenters. The highest BCUT2D eigenvalue weighted by atomic mass is 16.2. The maximum atomic E-state index is 12.0. The average molecular weight is 321 g/mol. The topological polar surface area (TPSA) is 100 Å². The van der Waals surface area contributed by atoms with E-state index in [1.807, 2.05) is 18.2 Å². The Morgan fingerprint density at radius 2 is 2.00 bits per heavy atom. The van der Waals surface area contributed by atoms with Crippen LogP contribution in [0.1, 0.15) is 17.7 Å². The summed E-state index contributed by atoms with van der Waals surface area (Å²) in [4.78, 5) is 34.7. The van der Waals surface area contributed by atoms with Crippen molar-refractivity contribution in [2.45, 2.75) is 12.8 Å². The standard InChI is InChI=1S/C17H15N5O2/c23-16(22-19-11-12-7-9-18-10-8-12)6-5-15-17(24)21-14-4-2-1-3-13(14)20-15/h1-4,7-11H,5-6H2,(H,21,24)(H,22,23)/b19-11-. The van der Waals surface area contributed by atoms with Crippen molar-refractivity contribution in [2.24, 2.45) is 5.10 Å². The number of hydrogen-bond donors (Lipinski definition) is 2. The molecule has 0 saturated carbocycles. The summed E-state index contributed by atoms with van der Waals surface area (Å²) in [5, 5.41) is 3.87. The zero-order valence-corrected chi connectivity index (χ0v) is 12.8. The van der Waals surface area contributed by atoms with Crippen molar-refractivity contribution >= 4 is 23.2 Å². The van der Waals surface area contributed by atoms with Crippen LogP contribution in [0.4, 0.5) is 0 Å². The first-order valence-corrected chi connectivity index (χ1v) is 7.42. The van der Waals surface area contributed by atoms with Crippen LogP contribution in [0.2, 0.25) is 0 Å². The molecule has 2 N–H and O–H groups in total. The lowest BCUT2D eigenvalue weighted by Crippen LogP contribution is -2.21. The summed E-state index contributed by atoms with van der Waals surface area (Å²) in [7, 11) is 0. The molecule has 0 radical (unpaired) electrons. The lowest BCUT2D eigenvalue weighted by atomic mass is 10.2. The molecule has 0 saturated heterocycles. The van der Waals surface area contributed by atoms with Crippen LogP contribution >= 0.6 is 0 Å². The Morgan fingerprint density at radius 3 is 2.83 bits per heavy atom. The molecule has 3 rings (SSSR count). The SMILES string of the molecule is O=C(CCc1nc2ccccc2[nH]c1=O)N/N=C\c1ccncc1. The van der Waals surface area contributed by atoms with Gasteiger partial charge in [0, 0.05) is 25.2 Å². The molecule has 0 bridgehead atoms. The summed E-state index contributed by atoms with van der Waals surface area (Å²) in [6, 6.07) is 10.8. The van der Waals surface area contributed by atoms with E-state index in [-0.39, 0.29) is 24.3 Å². The van der Waals surface area contributed by atoms with Crippen LogP contribution in [0.5, 0.6) is 0 Å². The molecule has 7 heteroatoms. The van der Waals surface area contributed by atoms with Gasteiger partial charge in [0.15, 0.2) is 0 Å². The molecule has 0 aliphatic heterocycles. The zero-order chi connectivity index (χ0) is 16.8. The number of fused-ring (bicyclic) bond motifs is 1. The number of aromatic nitrogens is 3. The third-order valence-corrected chi connectivity index (χ3v) is 3.37. The number of H-pyrrole nitrogens is 1. The second-order valence-corrected chi connectivity index (χ2v) is 5.10. The van der Waals surface area contributed by atoms with Crippen LogP contribution in [0.15, 0.2) is 58.7 Å². The van der Waals surface area contributed by atoms with Gasteiger partial charge in [-0.1, -0.05) is 12.1 Å². The van der Waals surface area contributed by atoms with Crippen molar-refractivity contribution in [3.8, 4) is 0 Å². The molecule has 1 aromatic carbocycles. The Labute approximate surface area is 137 Å². The molecule has 0 aliphatic rings. The largest absolute Gasteiger partial charge is 0.319 e. The number of hydrogen-bond acceptors (Lipinski definition) is 5. The molecule has 0 fully saturated rings. The predicted octanol–water partition coefficient (Wildman–Crippen LogP) is 1.40. The van der Waals surface area contributed by atoms with Crippen LogP contribution in [0.25, 0.3) is 11.0 Å². The van der Waals surface area contributed by atoms with Crippen LogP contribution in [-0.2, 0) is 11.2 Å². The van der Waals surface area contributed by atoms with Gasteiger partial charge in [-0.25, -0.2) is 10.4 Å². The first kappa shape index (κ1) is 15.5. The van der Waals surface area contributed by atoms with E-state index >= 15 is 0 Å². The van der Waals surface area contributed by atoms with Crippen molar-refractivity contribution in [2.75, 3.05) is 0 Å². The van der Waals surface area contributed by atoms with Gasteiger partial charge in [0.1, 0.15) is 5.69 Å². The number of pyridine rings is 1. The number of carbonyl (C=O) groups excluding carboxylic acids is 1. The van der Waals surface area contributed by atoms with Crippen LogP contribution < -0.4 is 11.0 Å². The number of para-hydroxylation sites is 2. The van der Waals surface area contributed by atoms with E-state index in [0.717, 1.165) is 5.56 Å². The van der Waals surface area contributed by atoms with E-state index in [2.05, 4.69) is 25.5 Å². The van der Waals surface area contributed by atoms with Gasteiger partial charge in [0.2, 0.25) is 5.91 Å². The molecule has 120 valence electrons. The van der Waals surface area contributed by atoms with E-state index in [0.29, 0.717) is 16.7 Å². The zero-order valence-electron chi connectivity index (χ0n) is 12.8. The first-order chi connectivity index (χ1) is 11.7. The summed E-state index contributed by atoms with van der Waals surface area (Å²) in [5.74, 6) is -0.283. The number of carbonyl (C=O) groups is 1. The fraction of sp³-hybridized carbons (Fsp3) is 0.118. The fourth-order valence-electron chi connectivity index (χ4n) is 2.15. The van der Waals surface area contributed by atoms with Crippen molar-refractivity contribution in [1.29, 1.82) is 0 Å². The number of nitrogens with one attached hydrogen (secondary N) is 2. The third-order valence-electron chi connectivity index (χ3n) is 3.37. The van der Waals surface area contributed by atoms with Gasteiger partial charge < -0.3 is 4.98 Å². The molecular formula is C17H15N5O2. The van der Waals surface area contributed by atoms with Gasteiger partial charge in [-0.15, -0.1) is 0 Å². The number of amides is 1. The summed E-state index contributed by atoms with van der Waals surface area (Å²) < 4.78 is 0. The molecule has 2 heterocycles. The number of hydrazone groups is 1. The summed E-state index contributed by atoms with van der Waals surface area (Å²) in [5.41, 5.74) is 4.69. The van der Waals surface area contributed by atoms with Crippen LogP contribution in [0.3, 0.4) is 0 Å². The molecule has 24 heavy (non-hydrogen) atoms. The Morgan fingerprint density at radius 1 is 1.21 bits per heavy atom. The van der Waals surface area contributed by atoms with Gasteiger partial charge in [-0.3, -0.25) is 14.6 Å². The highest BCUT2D eigenvalue weighted by Gasteiger charge is 2.07. The van der Waals surface area contributed by atoms with E-state index < -0.39 is 0 Å². The molecule has 0 spiro atoms.